The summed E-state index contributed by atoms with van der Waals surface area (Å²) in [6.45, 7) is 6.87. The highest BCUT2D eigenvalue weighted by Gasteiger charge is 2.31. The molecule has 1 aliphatic rings. The van der Waals surface area contributed by atoms with Gasteiger partial charge in [-0.1, -0.05) is 51.1 Å². The average Bonchev–Trinajstić information content (AvgIpc) is 3.42. The molecule has 6 nitrogen and oxygen atoms in total. The minimum Gasteiger partial charge on any atom is -0.490 e. The lowest BCUT2D eigenvalue weighted by Gasteiger charge is -2.22. The van der Waals surface area contributed by atoms with Crippen molar-refractivity contribution in [2.45, 2.75) is 32.3 Å². The molecule has 0 aliphatic carbocycles. The van der Waals surface area contributed by atoms with Gasteiger partial charge in [0.15, 0.2) is 0 Å². The molecule has 0 spiro atoms. The number of carbonyl (C=O) groups excluding carboxylic acids is 1. The summed E-state index contributed by atoms with van der Waals surface area (Å²) < 4.78 is 10.8. The van der Waals surface area contributed by atoms with Crippen LogP contribution in [0.3, 0.4) is 0 Å². The lowest BCUT2D eigenvalue weighted by Crippen LogP contribution is -2.19. The smallest absolute Gasteiger partial charge is 0.284 e. The van der Waals surface area contributed by atoms with Crippen molar-refractivity contribution in [1.82, 2.24) is 0 Å². The van der Waals surface area contributed by atoms with Gasteiger partial charge in [-0.3, -0.25) is 14.9 Å². The molecule has 1 heterocycles. The van der Waals surface area contributed by atoms with E-state index < -0.39 is 10.7 Å². The SMILES string of the molecule is CC(C)(C)c1ccccc1C(=O)c1c(OCC2CO2)cccc1[N+](=O)[O-]. The van der Waals surface area contributed by atoms with Gasteiger partial charge in [0, 0.05) is 11.6 Å². The van der Waals surface area contributed by atoms with E-state index in [1.165, 1.54) is 12.1 Å². The standard InChI is InChI=1S/C20H21NO5/c1-20(2,3)15-8-5-4-7-14(15)19(22)18-16(21(23)24)9-6-10-17(18)26-12-13-11-25-13/h4-10,13H,11-12H2,1-3H3. The number of nitrogens with zero attached hydrogens (tertiary/aromatic N) is 1. The summed E-state index contributed by atoms with van der Waals surface area (Å²) in [5.41, 5.74) is 0.725. The summed E-state index contributed by atoms with van der Waals surface area (Å²) in [5, 5.41) is 11.5. The van der Waals surface area contributed by atoms with Gasteiger partial charge in [0.2, 0.25) is 5.78 Å². The van der Waals surface area contributed by atoms with Crippen molar-refractivity contribution >= 4 is 11.5 Å². The summed E-state index contributed by atoms with van der Waals surface area (Å²) in [7, 11) is 0. The number of rotatable bonds is 6. The predicted molar refractivity (Wildman–Crippen MR) is 96.9 cm³/mol. The molecule has 6 heteroatoms. The second-order valence-corrected chi connectivity index (χ2v) is 7.30. The van der Waals surface area contributed by atoms with Gasteiger partial charge in [-0.15, -0.1) is 0 Å². The minimum absolute atomic E-state index is 0.0147. The van der Waals surface area contributed by atoms with Crippen LogP contribution in [-0.4, -0.2) is 30.0 Å². The molecule has 1 fully saturated rings. The quantitative estimate of drug-likeness (QED) is 0.340. The van der Waals surface area contributed by atoms with E-state index in [1.54, 1.807) is 18.2 Å². The molecule has 26 heavy (non-hydrogen) atoms. The Morgan fingerprint density at radius 3 is 2.54 bits per heavy atom. The van der Waals surface area contributed by atoms with Crippen LogP contribution in [0.5, 0.6) is 5.75 Å². The maximum absolute atomic E-state index is 13.3. The van der Waals surface area contributed by atoms with E-state index in [1.807, 2.05) is 32.9 Å². The zero-order valence-electron chi connectivity index (χ0n) is 15.0. The normalized spacial score (nSPS) is 16.2. The molecule has 0 saturated carbocycles. The maximum atomic E-state index is 13.3. The van der Waals surface area contributed by atoms with Crippen molar-refractivity contribution in [3.63, 3.8) is 0 Å². The number of ether oxygens (including phenoxy) is 2. The first-order valence-electron chi connectivity index (χ1n) is 8.45. The first kappa shape index (κ1) is 18.1. The first-order chi connectivity index (χ1) is 12.3. The van der Waals surface area contributed by atoms with Crippen molar-refractivity contribution in [3.8, 4) is 5.75 Å². The summed E-state index contributed by atoms with van der Waals surface area (Å²) >= 11 is 0. The van der Waals surface area contributed by atoms with E-state index in [0.717, 1.165) is 5.56 Å². The van der Waals surface area contributed by atoms with E-state index in [0.29, 0.717) is 12.2 Å². The Hall–Kier alpha value is -2.73. The van der Waals surface area contributed by atoms with Crippen LogP contribution >= 0.6 is 0 Å². The van der Waals surface area contributed by atoms with Gasteiger partial charge in [0.25, 0.3) is 5.69 Å². The van der Waals surface area contributed by atoms with Crippen molar-refractivity contribution < 1.29 is 19.2 Å². The lowest BCUT2D eigenvalue weighted by molar-refractivity contribution is -0.385. The number of nitro groups is 1. The number of benzene rings is 2. The largest absolute Gasteiger partial charge is 0.490 e. The van der Waals surface area contributed by atoms with E-state index in [9.17, 15) is 14.9 Å². The molecule has 2 aromatic carbocycles. The summed E-state index contributed by atoms with van der Waals surface area (Å²) in [6.07, 6.45) is -0.0147. The van der Waals surface area contributed by atoms with Gasteiger partial charge in [-0.25, -0.2) is 0 Å². The monoisotopic (exact) mass is 355 g/mol. The maximum Gasteiger partial charge on any atom is 0.284 e. The fourth-order valence-electron chi connectivity index (χ4n) is 2.84. The van der Waals surface area contributed by atoms with E-state index in [-0.39, 0.29) is 35.1 Å². The first-order valence-corrected chi connectivity index (χ1v) is 8.45. The molecule has 1 atom stereocenters. The Morgan fingerprint density at radius 2 is 1.92 bits per heavy atom. The van der Waals surface area contributed by atoms with E-state index >= 15 is 0 Å². The van der Waals surface area contributed by atoms with E-state index in [2.05, 4.69) is 0 Å². The Balaban J connectivity index is 2.10. The number of carbonyl (C=O) groups is 1. The molecule has 1 unspecified atom stereocenters. The Labute approximate surface area is 151 Å². The van der Waals surface area contributed by atoms with Crippen molar-refractivity contribution in [3.05, 3.63) is 69.3 Å². The van der Waals surface area contributed by atoms with Crippen molar-refractivity contribution in [2.24, 2.45) is 0 Å². The molecule has 0 N–H and O–H groups in total. The minimum atomic E-state index is -0.548. The van der Waals surface area contributed by atoms with Crippen molar-refractivity contribution in [2.75, 3.05) is 13.2 Å². The van der Waals surface area contributed by atoms with Gasteiger partial charge in [-0.05, 0) is 17.0 Å². The Bertz CT molecular complexity index is 850. The molecule has 2 aromatic rings. The van der Waals surface area contributed by atoms with Gasteiger partial charge in [0.05, 0.1) is 11.5 Å². The van der Waals surface area contributed by atoms with Crippen LogP contribution in [0.4, 0.5) is 5.69 Å². The molecular formula is C20H21NO5. The van der Waals surface area contributed by atoms with Crippen LogP contribution in [0.15, 0.2) is 42.5 Å². The van der Waals surface area contributed by atoms with Gasteiger partial charge in [-0.2, -0.15) is 0 Å². The number of nitro benzene ring substituents is 1. The van der Waals surface area contributed by atoms with Gasteiger partial charge < -0.3 is 9.47 Å². The lowest BCUT2D eigenvalue weighted by atomic mass is 9.81. The van der Waals surface area contributed by atoms with E-state index in [4.69, 9.17) is 9.47 Å². The van der Waals surface area contributed by atoms with Crippen molar-refractivity contribution in [1.29, 1.82) is 0 Å². The van der Waals surface area contributed by atoms with Crippen LogP contribution < -0.4 is 4.74 Å². The molecule has 1 saturated heterocycles. The van der Waals surface area contributed by atoms with Gasteiger partial charge >= 0.3 is 0 Å². The van der Waals surface area contributed by atoms with Crippen LogP contribution in [0.25, 0.3) is 0 Å². The molecule has 0 aromatic heterocycles. The second-order valence-electron chi connectivity index (χ2n) is 7.30. The zero-order chi connectivity index (χ0) is 18.9. The average molecular weight is 355 g/mol. The van der Waals surface area contributed by atoms with Crippen LogP contribution in [0, 0.1) is 10.1 Å². The summed E-state index contributed by atoms with van der Waals surface area (Å²) in [6, 6.07) is 11.6. The third kappa shape index (κ3) is 3.75. The molecule has 0 amide bonds. The summed E-state index contributed by atoms with van der Waals surface area (Å²) in [5.74, 6) is -0.196. The Kier molecular flexibility index (Phi) is 4.78. The topological polar surface area (TPSA) is 82.0 Å². The molecule has 3 rings (SSSR count). The van der Waals surface area contributed by atoms with Crippen LogP contribution in [0.2, 0.25) is 0 Å². The highest BCUT2D eigenvalue weighted by Crippen LogP contribution is 2.34. The van der Waals surface area contributed by atoms with Gasteiger partial charge in [0.1, 0.15) is 24.0 Å². The number of epoxide rings is 1. The molecule has 136 valence electrons. The highest BCUT2D eigenvalue weighted by atomic mass is 16.6. The molecular weight excluding hydrogens is 334 g/mol. The predicted octanol–water partition coefficient (Wildman–Crippen LogP) is 3.90. The highest BCUT2D eigenvalue weighted by molar-refractivity contribution is 6.14. The molecule has 0 bridgehead atoms. The third-order valence-corrected chi connectivity index (χ3v) is 4.23. The fraction of sp³-hybridized carbons (Fsp3) is 0.350. The number of hydrogen-bond donors (Lipinski definition) is 0. The molecule has 1 aliphatic heterocycles. The summed E-state index contributed by atoms with van der Waals surface area (Å²) in [4.78, 5) is 24.3. The second kappa shape index (κ2) is 6.88. The number of hydrogen-bond acceptors (Lipinski definition) is 5. The third-order valence-electron chi connectivity index (χ3n) is 4.23. The zero-order valence-corrected chi connectivity index (χ0v) is 15.0. The number of ketones is 1. The molecule has 0 radical (unpaired) electrons. The van der Waals surface area contributed by atoms with Crippen LogP contribution in [0.1, 0.15) is 42.3 Å². The van der Waals surface area contributed by atoms with Crippen LogP contribution in [-0.2, 0) is 10.2 Å². The Morgan fingerprint density at radius 1 is 1.23 bits per heavy atom. The fourth-order valence-corrected chi connectivity index (χ4v) is 2.84.